The average Bonchev–Trinajstić information content (AvgIpc) is 2.73. The van der Waals surface area contributed by atoms with Gasteiger partial charge >= 0.3 is 0 Å². The second-order valence-electron chi connectivity index (χ2n) is 7.51. The summed E-state index contributed by atoms with van der Waals surface area (Å²) in [5, 5.41) is 2.61. The Kier molecular flexibility index (Phi) is 9.81. The van der Waals surface area contributed by atoms with Gasteiger partial charge in [-0.1, -0.05) is 39.0 Å². The minimum Gasteiger partial charge on any atom is -0.493 e. The molecule has 4 N–H and O–H groups in total. The molecule has 0 radical (unpaired) electrons. The number of hydrogen-bond acceptors (Lipinski definition) is 5. The molecule has 0 aliphatic rings. The van der Waals surface area contributed by atoms with Gasteiger partial charge in [-0.25, -0.2) is 13.1 Å². The molecule has 0 fully saturated rings. The van der Waals surface area contributed by atoms with Crippen LogP contribution >= 0.6 is 0 Å². The summed E-state index contributed by atoms with van der Waals surface area (Å²) in [6.45, 7) is 4.23. The standard InChI is InChI=1S/C23H33N3O4S/c1-3-4-5-6-7-8-15-30-23-14-9-20(24)16-19(23)17-25-31(28,29)22-12-10-21(11-13-22)26-18(2)27/h9-14,16,25H,3-8,15,17,24H2,1-2H3,(H,26,27). The van der Waals surface area contributed by atoms with Crippen molar-refractivity contribution in [1.29, 1.82) is 0 Å². The van der Waals surface area contributed by atoms with Gasteiger partial charge in [-0.05, 0) is 48.9 Å². The van der Waals surface area contributed by atoms with Crippen LogP contribution in [-0.4, -0.2) is 20.9 Å². The van der Waals surface area contributed by atoms with Crippen LogP contribution in [0.4, 0.5) is 11.4 Å². The number of amides is 1. The first-order valence-electron chi connectivity index (χ1n) is 10.7. The summed E-state index contributed by atoms with van der Waals surface area (Å²) in [5.74, 6) is 0.412. The van der Waals surface area contributed by atoms with Crippen molar-refractivity contribution in [2.75, 3.05) is 17.7 Å². The molecule has 0 aromatic heterocycles. The number of nitrogens with two attached hydrogens (primary N) is 1. The number of nitrogens with one attached hydrogen (secondary N) is 2. The maximum atomic E-state index is 12.7. The van der Waals surface area contributed by atoms with Crippen LogP contribution in [0.5, 0.6) is 5.75 Å². The number of ether oxygens (including phenoxy) is 1. The average molecular weight is 448 g/mol. The molecule has 170 valence electrons. The molecule has 0 heterocycles. The van der Waals surface area contributed by atoms with E-state index < -0.39 is 10.0 Å². The summed E-state index contributed by atoms with van der Waals surface area (Å²) in [7, 11) is -3.73. The summed E-state index contributed by atoms with van der Waals surface area (Å²) in [5.41, 5.74) is 7.65. The van der Waals surface area contributed by atoms with Gasteiger partial charge in [0.15, 0.2) is 0 Å². The maximum Gasteiger partial charge on any atom is 0.240 e. The Hall–Kier alpha value is -2.58. The minimum absolute atomic E-state index is 0.0622. The molecule has 2 aromatic rings. The van der Waals surface area contributed by atoms with E-state index in [1.165, 1.54) is 44.7 Å². The van der Waals surface area contributed by atoms with Gasteiger partial charge in [-0.15, -0.1) is 0 Å². The number of hydrogen-bond donors (Lipinski definition) is 3. The van der Waals surface area contributed by atoms with Crippen LogP contribution in [-0.2, 0) is 21.4 Å². The van der Waals surface area contributed by atoms with Gasteiger partial charge in [-0.3, -0.25) is 4.79 Å². The van der Waals surface area contributed by atoms with Crippen LogP contribution in [0.2, 0.25) is 0 Å². The van der Waals surface area contributed by atoms with Crippen LogP contribution in [0.25, 0.3) is 0 Å². The molecule has 0 bridgehead atoms. The van der Waals surface area contributed by atoms with Gasteiger partial charge in [0.05, 0.1) is 11.5 Å². The highest BCUT2D eigenvalue weighted by Gasteiger charge is 2.15. The molecule has 0 spiro atoms. The smallest absolute Gasteiger partial charge is 0.240 e. The highest BCUT2D eigenvalue weighted by atomic mass is 32.2. The van der Waals surface area contributed by atoms with Crippen LogP contribution < -0.4 is 20.5 Å². The SMILES string of the molecule is CCCCCCCCOc1ccc(N)cc1CNS(=O)(=O)c1ccc(NC(C)=O)cc1. The van der Waals surface area contributed by atoms with E-state index >= 15 is 0 Å². The summed E-state index contributed by atoms with van der Waals surface area (Å²) in [6.07, 6.45) is 7.01. The molecule has 0 unspecified atom stereocenters. The van der Waals surface area contributed by atoms with Crippen molar-refractivity contribution < 1.29 is 17.9 Å². The number of carbonyl (C=O) groups excluding carboxylic acids is 1. The Balaban J connectivity index is 1.95. The van der Waals surface area contributed by atoms with Crippen molar-refractivity contribution in [1.82, 2.24) is 4.72 Å². The van der Waals surface area contributed by atoms with Gasteiger partial charge in [0.2, 0.25) is 15.9 Å². The summed E-state index contributed by atoms with van der Waals surface area (Å²) in [4.78, 5) is 11.2. The Labute approximate surface area is 185 Å². The minimum atomic E-state index is -3.73. The maximum absolute atomic E-state index is 12.7. The molecular formula is C23H33N3O4S. The molecule has 0 atom stereocenters. The summed E-state index contributed by atoms with van der Waals surface area (Å²) < 4.78 is 33.8. The Morgan fingerprint density at radius 3 is 2.35 bits per heavy atom. The van der Waals surface area contributed by atoms with Gasteiger partial charge in [0.1, 0.15) is 5.75 Å². The number of rotatable bonds is 13. The number of nitrogen functional groups attached to an aromatic ring is 1. The molecular weight excluding hydrogens is 414 g/mol. The predicted molar refractivity (Wildman–Crippen MR) is 124 cm³/mol. The highest BCUT2D eigenvalue weighted by Crippen LogP contribution is 2.23. The lowest BCUT2D eigenvalue weighted by Gasteiger charge is -2.14. The number of sulfonamides is 1. The summed E-state index contributed by atoms with van der Waals surface area (Å²) >= 11 is 0. The van der Waals surface area contributed by atoms with E-state index in [-0.39, 0.29) is 17.3 Å². The van der Waals surface area contributed by atoms with Crippen LogP contribution in [0.1, 0.15) is 57.9 Å². The van der Waals surface area contributed by atoms with Gasteiger partial charge in [0, 0.05) is 30.4 Å². The second-order valence-corrected chi connectivity index (χ2v) is 9.28. The molecule has 1 amide bonds. The van der Waals surface area contributed by atoms with Crippen molar-refractivity contribution in [2.45, 2.75) is 63.8 Å². The zero-order valence-corrected chi connectivity index (χ0v) is 19.1. The largest absolute Gasteiger partial charge is 0.493 e. The fourth-order valence-electron chi connectivity index (χ4n) is 3.12. The fraction of sp³-hybridized carbons (Fsp3) is 0.435. The first-order chi connectivity index (χ1) is 14.8. The Bertz CT molecular complexity index is 944. The molecule has 0 saturated carbocycles. The normalized spacial score (nSPS) is 11.3. The lowest BCUT2D eigenvalue weighted by atomic mass is 10.1. The molecule has 31 heavy (non-hydrogen) atoms. The lowest BCUT2D eigenvalue weighted by molar-refractivity contribution is -0.114. The molecule has 0 aliphatic heterocycles. The quantitative estimate of drug-likeness (QED) is 0.310. The van der Waals surface area contributed by atoms with E-state index in [9.17, 15) is 13.2 Å². The molecule has 7 nitrogen and oxygen atoms in total. The fourth-order valence-corrected chi connectivity index (χ4v) is 4.13. The number of anilines is 2. The van der Waals surface area contributed by atoms with Crippen molar-refractivity contribution in [3.63, 3.8) is 0 Å². The first-order valence-corrected chi connectivity index (χ1v) is 12.2. The predicted octanol–water partition coefficient (Wildman–Crippen LogP) is 4.45. The van der Waals surface area contributed by atoms with Gasteiger partial charge in [0.25, 0.3) is 0 Å². The molecule has 8 heteroatoms. The first kappa shape index (κ1) is 24.7. The van der Waals surface area contributed by atoms with Crippen molar-refractivity contribution in [3.05, 3.63) is 48.0 Å². The topological polar surface area (TPSA) is 111 Å². The third-order valence-corrected chi connectivity index (χ3v) is 6.19. The van der Waals surface area contributed by atoms with E-state index in [1.54, 1.807) is 30.3 Å². The zero-order chi connectivity index (χ0) is 22.7. The lowest BCUT2D eigenvalue weighted by Crippen LogP contribution is -2.23. The van der Waals surface area contributed by atoms with E-state index in [0.717, 1.165) is 12.8 Å². The number of carbonyl (C=O) groups is 1. The summed E-state index contributed by atoms with van der Waals surface area (Å²) in [6, 6.07) is 11.2. The Morgan fingerprint density at radius 2 is 1.68 bits per heavy atom. The zero-order valence-electron chi connectivity index (χ0n) is 18.3. The second kappa shape index (κ2) is 12.3. The van der Waals surface area contributed by atoms with Crippen molar-refractivity contribution in [3.8, 4) is 5.75 Å². The highest BCUT2D eigenvalue weighted by molar-refractivity contribution is 7.89. The van der Waals surface area contributed by atoms with Crippen LogP contribution in [0, 0.1) is 0 Å². The van der Waals surface area contributed by atoms with Gasteiger partial charge < -0.3 is 15.8 Å². The monoisotopic (exact) mass is 447 g/mol. The van der Waals surface area contributed by atoms with E-state index in [4.69, 9.17) is 10.5 Å². The van der Waals surface area contributed by atoms with Crippen LogP contribution in [0.3, 0.4) is 0 Å². The van der Waals surface area contributed by atoms with E-state index in [0.29, 0.717) is 29.3 Å². The third-order valence-electron chi connectivity index (χ3n) is 4.78. The van der Waals surface area contributed by atoms with Crippen molar-refractivity contribution in [2.24, 2.45) is 0 Å². The van der Waals surface area contributed by atoms with Gasteiger partial charge in [-0.2, -0.15) is 0 Å². The van der Waals surface area contributed by atoms with E-state index in [2.05, 4.69) is 17.0 Å². The van der Waals surface area contributed by atoms with E-state index in [1.807, 2.05) is 0 Å². The number of unbranched alkanes of at least 4 members (excludes halogenated alkanes) is 5. The molecule has 2 rings (SSSR count). The molecule has 0 saturated heterocycles. The van der Waals surface area contributed by atoms with Crippen LogP contribution in [0.15, 0.2) is 47.4 Å². The third kappa shape index (κ3) is 8.59. The van der Waals surface area contributed by atoms with Crippen molar-refractivity contribution >= 4 is 27.3 Å². The molecule has 2 aromatic carbocycles. The molecule has 0 aliphatic carbocycles. The number of benzene rings is 2. The Morgan fingerprint density at radius 1 is 1.00 bits per heavy atom.